The van der Waals surface area contributed by atoms with E-state index in [1.807, 2.05) is 0 Å². The Labute approximate surface area is 91.2 Å². The predicted molar refractivity (Wildman–Crippen MR) is 58.4 cm³/mol. The number of fused-ring (bicyclic) bond motifs is 2. The molecule has 2 aliphatic rings. The lowest BCUT2D eigenvalue weighted by atomic mass is 10.1. The van der Waals surface area contributed by atoms with Gasteiger partial charge < -0.3 is 5.11 Å². The van der Waals surface area contributed by atoms with Gasteiger partial charge in [-0.25, -0.2) is 8.42 Å². The molecule has 0 radical (unpaired) electrons. The van der Waals surface area contributed by atoms with Gasteiger partial charge in [-0.2, -0.15) is 0 Å². The zero-order valence-corrected chi connectivity index (χ0v) is 9.75. The molecule has 2 bridgehead atoms. The third kappa shape index (κ3) is 2.71. The standard InChI is InChI=1S/C10H19NO3S/c12-4-6-15(13,14)5-3-11-8-9-1-2-10(11)7-9/h9-10,12H,1-8H2/t9-,10+/m0/s1. The molecule has 0 aromatic carbocycles. The molecule has 4 nitrogen and oxygen atoms in total. The highest BCUT2D eigenvalue weighted by Gasteiger charge is 2.37. The number of piperidine rings is 1. The summed E-state index contributed by atoms with van der Waals surface area (Å²) >= 11 is 0. The van der Waals surface area contributed by atoms with Crippen LogP contribution in [0.4, 0.5) is 0 Å². The number of aliphatic hydroxyl groups excluding tert-OH is 1. The fourth-order valence-corrected chi connectivity index (χ4v) is 3.79. The number of hydrogen-bond donors (Lipinski definition) is 1. The molecule has 15 heavy (non-hydrogen) atoms. The van der Waals surface area contributed by atoms with E-state index in [0.717, 1.165) is 12.5 Å². The van der Waals surface area contributed by atoms with Gasteiger partial charge >= 0.3 is 0 Å². The highest BCUT2D eigenvalue weighted by molar-refractivity contribution is 7.91. The van der Waals surface area contributed by atoms with Gasteiger partial charge in [0.2, 0.25) is 0 Å². The van der Waals surface area contributed by atoms with Gasteiger partial charge in [0.1, 0.15) is 0 Å². The Morgan fingerprint density at radius 2 is 2.07 bits per heavy atom. The molecule has 1 N–H and O–H groups in total. The molecule has 1 saturated carbocycles. The van der Waals surface area contributed by atoms with E-state index in [1.54, 1.807) is 0 Å². The van der Waals surface area contributed by atoms with Gasteiger partial charge in [-0.3, -0.25) is 4.90 Å². The summed E-state index contributed by atoms with van der Waals surface area (Å²) in [6.07, 6.45) is 3.83. The Morgan fingerprint density at radius 3 is 2.60 bits per heavy atom. The van der Waals surface area contributed by atoms with Crippen molar-refractivity contribution in [2.24, 2.45) is 5.92 Å². The minimum Gasteiger partial charge on any atom is -0.395 e. The van der Waals surface area contributed by atoms with Crippen molar-refractivity contribution in [1.29, 1.82) is 0 Å². The Hall–Kier alpha value is -0.130. The van der Waals surface area contributed by atoms with Crippen molar-refractivity contribution in [2.75, 3.05) is 31.2 Å². The smallest absolute Gasteiger partial charge is 0.153 e. The van der Waals surface area contributed by atoms with Gasteiger partial charge in [0, 0.05) is 19.1 Å². The molecule has 0 spiro atoms. The highest BCUT2D eigenvalue weighted by atomic mass is 32.2. The van der Waals surface area contributed by atoms with Gasteiger partial charge in [-0.1, -0.05) is 0 Å². The topological polar surface area (TPSA) is 57.6 Å². The molecule has 2 fully saturated rings. The molecular weight excluding hydrogens is 214 g/mol. The van der Waals surface area contributed by atoms with E-state index in [0.29, 0.717) is 12.6 Å². The molecule has 5 heteroatoms. The van der Waals surface area contributed by atoms with Crippen molar-refractivity contribution in [3.05, 3.63) is 0 Å². The van der Waals surface area contributed by atoms with Crippen LogP contribution in [-0.4, -0.2) is 55.7 Å². The molecule has 0 aromatic rings. The van der Waals surface area contributed by atoms with Crippen LogP contribution in [0.5, 0.6) is 0 Å². The van der Waals surface area contributed by atoms with Crippen LogP contribution in [0.15, 0.2) is 0 Å². The molecule has 1 saturated heterocycles. The molecule has 1 heterocycles. The number of nitrogens with zero attached hydrogens (tertiary/aromatic N) is 1. The minimum atomic E-state index is -3.03. The molecule has 88 valence electrons. The molecular formula is C10H19NO3S. The van der Waals surface area contributed by atoms with Crippen molar-refractivity contribution < 1.29 is 13.5 Å². The molecule has 1 aliphatic carbocycles. The van der Waals surface area contributed by atoms with Crippen molar-refractivity contribution in [2.45, 2.75) is 25.3 Å². The number of rotatable bonds is 5. The summed E-state index contributed by atoms with van der Waals surface area (Å²) in [6.45, 7) is 1.48. The van der Waals surface area contributed by atoms with Crippen molar-refractivity contribution in [3.63, 3.8) is 0 Å². The largest absolute Gasteiger partial charge is 0.395 e. The van der Waals surface area contributed by atoms with Crippen LogP contribution in [0.25, 0.3) is 0 Å². The van der Waals surface area contributed by atoms with Crippen molar-refractivity contribution in [1.82, 2.24) is 4.90 Å². The number of likely N-dealkylation sites (tertiary alicyclic amines) is 1. The summed E-state index contributed by atoms with van der Waals surface area (Å²) < 4.78 is 22.8. The van der Waals surface area contributed by atoms with Crippen LogP contribution >= 0.6 is 0 Å². The SMILES string of the molecule is O=S(=O)(CCO)CCN1C[C@H]2CC[C@@H]1C2. The summed E-state index contributed by atoms with van der Waals surface area (Å²) in [5, 5.41) is 8.61. The summed E-state index contributed by atoms with van der Waals surface area (Å²) in [7, 11) is -3.03. The Morgan fingerprint density at radius 1 is 1.27 bits per heavy atom. The Bertz CT molecular complexity index is 315. The van der Waals surface area contributed by atoms with Gasteiger partial charge in [-0.15, -0.1) is 0 Å². The maximum atomic E-state index is 11.4. The quantitative estimate of drug-likeness (QED) is 0.719. The van der Waals surface area contributed by atoms with Gasteiger partial charge in [0.05, 0.1) is 18.1 Å². The second-order valence-electron chi connectivity index (χ2n) is 4.70. The molecule has 2 atom stereocenters. The lowest BCUT2D eigenvalue weighted by Gasteiger charge is -2.26. The first-order valence-corrected chi connectivity index (χ1v) is 7.48. The van der Waals surface area contributed by atoms with E-state index in [2.05, 4.69) is 4.90 Å². The van der Waals surface area contributed by atoms with Crippen LogP contribution in [0.2, 0.25) is 0 Å². The van der Waals surface area contributed by atoms with Crippen LogP contribution < -0.4 is 0 Å². The fourth-order valence-electron chi connectivity index (χ4n) is 2.80. The zero-order chi connectivity index (χ0) is 10.9. The van der Waals surface area contributed by atoms with Crippen molar-refractivity contribution >= 4 is 9.84 Å². The van der Waals surface area contributed by atoms with Crippen LogP contribution in [0.3, 0.4) is 0 Å². The summed E-state index contributed by atoms with van der Waals surface area (Å²) in [6, 6.07) is 0.638. The normalized spacial score (nSPS) is 31.3. The van der Waals surface area contributed by atoms with Crippen LogP contribution in [-0.2, 0) is 9.84 Å². The lowest BCUT2D eigenvalue weighted by Crippen LogP contribution is -2.36. The Balaban J connectivity index is 1.79. The predicted octanol–water partition coefficient (Wildman–Crippen LogP) is -0.122. The highest BCUT2D eigenvalue weighted by Crippen LogP contribution is 2.36. The number of aliphatic hydroxyl groups is 1. The maximum absolute atomic E-state index is 11.4. The van der Waals surface area contributed by atoms with E-state index >= 15 is 0 Å². The van der Waals surface area contributed by atoms with E-state index in [1.165, 1.54) is 19.3 Å². The minimum absolute atomic E-state index is 0.0884. The van der Waals surface area contributed by atoms with E-state index in [9.17, 15) is 8.42 Å². The third-order valence-electron chi connectivity index (χ3n) is 3.61. The Kier molecular flexibility index (Phi) is 3.33. The van der Waals surface area contributed by atoms with Gasteiger partial charge in [0.25, 0.3) is 0 Å². The second kappa shape index (κ2) is 4.39. The molecule has 0 aromatic heterocycles. The average molecular weight is 233 g/mol. The van der Waals surface area contributed by atoms with Crippen molar-refractivity contribution in [3.8, 4) is 0 Å². The number of hydrogen-bond acceptors (Lipinski definition) is 4. The fraction of sp³-hybridized carbons (Fsp3) is 1.00. The zero-order valence-electron chi connectivity index (χ0n) is 8.93. The van der Waals surface area contributed by atoms with Crippen LogP contribution in [0, 0.1) is 5.92 Å². The summed E-state index contributed by atoms with van der Waals surface area (Å²) in [5.74, 6) is 0.932. The molecule has 2 rings (SSSR count). The monoisotopic (exact) mass is 233 g/mol. The molecule has 0 unspecified atom stereocenters. The first kappa shape index (κ1) is 11.4. The average Bonchev–Trinajstić information content (AvgIpc) is 2.75. The summed E-state index contributed by atoms with van der Waals surface area (Å²) in [5.41, 5.74) is 0. The maximum Gasteiger partial charge on any atom is 0.153 e. The number of sulfone groups is 1. The van der Waals surface area contributed by atoms with Gasteiger partial charge in [0.15, 0.2) is 9.84 Å². The van der Waals surface area contributed by atoms with E-state index in [-0.39, 0.29) is 18.1 Å². The molecule has 1 aliphatic heterocycles. The van der Waals surface area contributed by atoms with E-state index in [4.69, 9.17) is 5.11 Å². The first-order valence-electron chi connectivity index (χ1n) is 5.66. The lowest BCUT2D eigenvalue weighted by molar-refractivity contribution is 0.225. The summed E-state index contributed by atoms with van der Waals surface area (Å²) in [4.78, 5) is 2.31. The third-order valence-corrected chi connectivity index (χ3v) is 5.22. The first-order chi connectivity index (χ1) is 7.11. The van der Waals surface area contributed by atoms with Crippen LogP contribution in [0.1, 0.15) is 19.3 Å². The second-order valence-corrected chi connectivity index (χ2v) is 7.01. The van der Waals surface area contributed by atoms with Gasteiger partial charge in [-0.05, 0) is 25.2 Å². The molecule has 0 amide bonds. The van der Waals surface area contributed by atoms with E-state index < -0.39 is 9.84 Å².